The van der Waals surface area contributed by atoms with Crippen LogP contribution in [0.15, 0.2) is 42.7 Å². The monoisotopic (exact) mass is 313 g/mol. The smallest absolute Gasteiger partial charge is 0.414 e. The van der Waals surface area contributed by atoms with Gasteiger partial charge in [-0.05, 0) is 5.56 Å². The van der Waals surface area contributed by atoms with E-state index in [1.165, 1.54) is 12.4 Å². The SMILES string of the molecule is O=C(Nc1ncnc2cc(C(=O)O)nn12)OCc1ccccc1. The molecule has 2 heterocycles. The molecule has 9 nitrogen and oxygen atoms in total. The molecule has 1 aromatic carbocycles. The summed E-state index contributed by atoms with van der Waals surface area (Å²) in [5.74, 6) is -1.19. The van der Waals surface area contributed by atoms with Gasteiger partial charge in [0.1, 0.15) is 12.9 Å². The molecule has 0 radical (unpaired) electrons. The van der Waals surface area contributed by atoms with E-state index in [9.17, 15) is 9.59 Å². The second kappa shape index (κ2) is 6.10. The van der Waals surface area contributed by atoms with Crippen molar-refractivity contribution in [2.24, 2.45) is 0 Å². The normalized spacial score (nSPS) is 10.4. The number of nitrogens with one attached hydrogen (secondary N) is 1. The van der Waals surface area contributed by atoms with Crippen LogP contribution in [0.2, 0.25) is 0 Å². The Hall–Kier alpha value is -3.49. The van der Waals surface area contributed by atoms with Gasteiger partial charge in [0, 0.05) is 6.07 Å². The molecule has 3 rings (SSSR count). The number of carboxylic acids is 1. The topological polar surface area (TPSA) is 119 Å². The van der Waals surface area contributed by atoms with E-state index in [1.54, 1.807) is 0 Å². The number of ether oxygens (including phenoxy) is 1. The minimum Gasteiger partial charge on any atom is -0.476 e. The molecule has 2 aromatic heterocycles. The van der Waals surface area contributed by atoms with Crippen LogP contribution in [-0.2, 0) is 11.3 Å². The standard InChI is InChI=1S/C14H11N5O4/c20-12(21)10-6-11-15-8-16-13(19(11)18-10)17-14(22)23-7-9-4-2-1-3-5-9/h1-6,8H,7H2,(H,20,21)(H,15,16,17,22). The van der Waals surface area contributed by atoms with Gasteiger partial charge in [-0.2, -0.15) is 9.61 Å². The molecule has 116 valence electrons. The second-order valence-electron chi connectivity index (χ2n) is 4.49. The van der Waals surface area contributed by atoms with Gasteiger partial charge in [-0.25, -0.2) is 19.6 Å². The fourth-order valence-electron chi connectivity index (χ4n) is 1.86. The fourth-order valence-corrected chi connectivity index (χ4v) is 1.86. The van der Waals surface area contributed by atoms with Crippen molar-refractivity contribution < 1.29 is 19.4 Å². The van der Waals surface area contributed by atoms with E-state index in [0.717, 1.165) is 10.1 Å². The number of carbonyl (C=O) groups excluding carboxylic acids is 1. The van der Waals surface area contributed by atoms with Gasteiger partial charge in [0.2, 0.25) is 5.95 Å². The maximum Gasteiger partial charge on any atom is 0.414 e. The van der Waals surface area contributed by atoms with Gasteiger partial charge in [0.25, 0.3) is 0 Å². The number of aromatic carboxylic acids is 1. The fraction of sp³-hybridized carbons (Fsp3) is 0.0714. The Labute approximate surface area is 129 Å². The summed E-state index contributed by atoms with van der Waals surface area (Å²) in [5.41, 5.74) is 0.879. The number of carboxylic acid groups (broad SMARTS) is 1. The number of rotatable bonds is 4. The molecule has 23 heavy (non-hydrogen) atoms. The molecule has 2 N–H and O–H groups in total. The lowest BCUT2D eigenvalue weighted by molar-refractivity contribution is 0.0690. The number of fused-ring (bicyclic) bond motifs is 1. The number of benzene rings is 1. The second-order valence-corrected chi connectivity index (χ2v) is 4.49. The van der Waals surface area contributed by atoms with Crippen molar-refractivity contribution in [1.29, 1.82) is 0 Å². The third-order valence-electron chi connectivity index (χ3n) is 2.91. The lowest BCUT2D eigenvalue weighted by atomic mass is 10.2. The van der Waals surface area contributed by atoms with Crippen LogP contribution in [0.1, 0.15) is 16.1 Å². The van der Waals surface area contributed by atoms with E-state index >= 15 is 0 Å². The van der Waals surface area contributed by atoms with Crippen molar-refractivity contribution in [1.82, 2.24) is 19.6 Å². The zero-order chi connectivity index (χ0) is 16.2. The van der Waals surface area contributed by atoms with Crippen molar-refractivity contribution in [3.63, 3.8) is 0 Å². The average Bonchev–Trinajstić information content (AvgIpc) is 3.00. The lowest BCUT2D eigenvalue weighted by Gasteiger charge is -2.07. The third kappa shape index (κ3) is 3.23. The zero-order valence-electron chi connectivity index (χ0n) is 11.7. The Morgan fingerprint density at radius 1 is 1.22 bits per heavy atom. The maximum absolute atomic E-state index is 11.8. The minimum atomic E-state index is -1.20. The highest BCUT2D eigenvalue weighted by atomic mass is 16.5. The molecule has 0 saturated heterocycles. The van der Waals surface area contributed by atoms with Crippen molar-refractivity contribution >= 4 is 23.7 Å². The number of nitrogens with zero attached hydrogens (tertiary/aromatic N) is 4. The van der Waals surface area contributed by atoms with Crippen LogP contribution in [0.25, 0.3) is 5.65 Å². The van der Waals surface area contributed by atoms with E-state index in [-0.39, 0.29) is 23.9 Å². The summed E-state index contributed by atoms with van der Waals surface area (Å²) in [6.07, 6.45) is 0.455. The zero-order valence-corrected chi connectivity index (χ0v) is 11.7. The number of anilines is 1. The van der Waals surface area contributed by atoms with Crippen LogP contribution in [0.4, 0.5) is 10.7 Å². The summed E-state index contributed by atoms with van der Waals surface area (Å²) >= 11 is 0. The van der Waals surface area contributed by atoms with Gasteiger partial charge >= 0.3 is 12.1 Å². The van der Waals surface area contributed by atoms with Crippen LogP contribution in [0.5, 0.6) is 0 Å². The Bertz CT molecular complexity index is 862. The van der Waals surface area contributed by atoms with Crippen molar-refractivity contribution in [3.8, 4) is 0 Å². The number of carbonyl (C=O) groups is 2. The van der Waals surface area contributed by atoms with Crippen molar-refractivity contribution in [2.75, 3.05) is 5.32 Å². The highest BCUT2D eigenvalue weighted by Crippen LogP contribution is 2.09. The molecule has 1 amide bonds. The van der Waals surface area contributed by atoms with Gasteiger partial charge in [0.05, 0.1) is 0 Å². The van der Waals surface area contributed by atoms with Crippen LogP contribution < -0.4 is 5.32 Å². The quantitative estimate of drug-likeness (QED) is 0.750. The van der Waals surface area contributed by atoms with E-state index in [2.05, 4.69) is 20.4 Å². The highest BCUT2D eigenvalue weighted by Gasteiger charge is 2.14. The first-order valence-corrected chi connectivity index (χ1v) is 6.55. The molecular weight excluding hydrogens is 302 g/mol. The van der Waals surface area contributed by atoms with Crippen molar-refractivity contribution in [3.05, 3.63) is 54.0 Å². The van der Waals surface area contributed by atoms with E-state index in [4.69, 9.17) is 9.84 Å². The minimum absolute atomic E-state index is 0.0144. The number of hydrogen-bond acceptors (Lipinski definition) is 6. The highest BCUT2D eigenvalue weighted by molar-refractivity contribution is 5.87. The molecule has 0 aliphatic carbocycles. The Balaban J connectivity index is 1.73. The summed E-state index contributed by atoms with van der Waals surface area (Å²) in [6, 6.07) is 10.4. The van der Waals surface area contributed by atoms with Gasteiger partial charge in [-0.15, -0.1) is 0 Å². The van der Waals surface area contributed by atoms with Crippen LogP contribution in [-0.4, -0.2) is 36.8 Å². The Morgan fingerprint density at radius 3 is 2.74 bits per heavy atom. The molecule has 9 heteroatoms. The summed E-state index contributed by atoms with van der Waals surface area (Å²) in [4.78, 5) is 30.5. The maximum atomic E-state index is 11.8. The molecule has 0 saturated carbocycles. The number of aromatic nitrogens is 4. The largest absolute Gasteiger partial charge is 0.476 e. The van der Waals surface area contributed by atoms with Crippen molar-refractivity contribution in [2.45, 2.75) is 6.61 Å². The number of hydrogen-bond donors (Lipinski definition) is 2. The first-order valence-electron chi connectivity index (χ1n) is 6.55. The van der Waals surface area contributed by atoms with E-state index < -0.39 is 12.1 Å². The predicted molar refractivity (Wildman–Crippen MR) is 78.0 cm³/mol. The molecule has 0 aliphatic rings. The van der Waals surface area contributed by atoms with Gasteiger partial charge in [-0.3, -0.25) is 5.32 Å². The third-order valence-corrected chi connectivity index (χ3v) is 2.91. The lowest BCUT2D eigenvalue weighted by Crippen LogP contribution is -2.17. The summed E-state index contributed by atoms with van der Waals surface area (Å²) in [7, 11) is 0. The first kappa shape index (κ1) is 14.4. The van der Waals surface area contributed by atoms with Crippen LogP contribution in [0, 0.1) is 0 Å². The van der Waals surface area contributed by atoms with Gasteiger partial charge < -0.3 is 9.84 Å². The predicted octanol–water partition coefficient (Wildman–Crippen LogP) is 1.57. The van der Waals surface area contributed by atoms with Crippen LogP contribution in [0.3, 0.4) is 0 Å². The molecule has 0 bridgehead atoms. The molecule has 0 atom stereocenters. The Morgan fingerprint density at radius 2 is 2.00 bits per heavy atom. The summed E-state index contributed by atoms with van der Waals surface area (Å²) < 4.78 is 6.19. The van der Waals surface area contributed by atoms with Gasteiger partial charge in [0.15, 0.2) is 11.3 Å². The molecule has 0 aliphatic heterocycles. The molecular formula is C14H11N5O4. The molecule has 3 aromatic rings. The first-order chi connectivity index (χ1) is 11.1. The molecule has 0 fully saturated rings. The molecule has 0 spiro atoms. The average molecular weight is 313 g/mol. The van der Waals surface area contributed by atoms with E-state index in [1.807, 2.05) is 30.3 Å². The number of amides is 1. The summed E-state index contributed by atoms with van der Waals surface area (Å²) in [5, 5.41) is 15.1. The Kier molecular flexibility index (Phi) is 3.83. The molecule has 0 unspecified atom stereocenters. The summed E-state index contributed by atoms with van der Waals surface area (Å²) in [6.45, 7) is 0.0976. The van der Waals surface area contributed by atoms with E-state index in [0.29, 0.717) is 0 Å². The van der Waals surface area contributed by atoms with Gasteiger partial charge in [-0.1, -0.05) is 30.3 Å². The van der Waals surface area contributed by atoms with Crippen LogP contribution >= 0.6 is 0 Å².